The third kappa shape index (κ3) is 8.10. The highest BCUT2D eigenvalue weighted by Gasteiger charge is 2.15. The van der Waals surface area contributed by atoms with Crippen LogP contribution in [0.2, 0.25) is 20.2 Å². The van der Waals surface area contributed by atoms with Gasteiger partial charge in [-0.2, -0.15) is 0 Å². The van der Waals surface area contributed by atoms with Gasteiger partial charge in [-0.1, -0.05) is 53.3 Å². The highest BCUT2D eigenvalue weighted by atomic mass is 35.5. The molecular weight excluding hydrogens is 484 g/mol. The van der Waals surface area contributed by atoms with Crippen LogP contribution < -0.4 is 10.5 Å². The number of carbonyl (C=O) groups is 1. The van der Waals surface area contributed by atoms with E-state index in [1.807, 2.05) is 6.92 Å². The molecule has 2 aromatic heterocycles. The summed E-state index contributed by atoms with van der Waals surface area (Å²) in [7, 11) is 0. The smallest absolute Gasteiger partial charge is 0.329 e. The number of ether oxygens (including phenoxy) is 1. The Balaban J connectivity index is 0.000000357. The molecule has 3 aromatic rings. The van der Waals surface area contributed by atoms with E-state index in [1.54, 1.807) is 47.8 Å². The summed E-state index contributed by atoms with van der Waals surface area (Å²) < 4.78 is 7.05. The van der Waals surface area contributed by atoms with Crippen LogP contribution in [-0.4, -0.2) is 45.2 Å². The van der Waals surface area contributed by atoms with Gasteiger partial charge in [-0.3, -0.25) is 4.57 Å². The van der Waals surface area contributed by atoms with Crippen molar-refractivity contribution >= 4 is 58.1 Å². The lowest BCUT2D eigenvalue weighted by Crippen LogP contribution is -2.37. The van der Waals surface area contributed by atoms with Gasteiger partial charge in [-0.15, -0.1) is 0 Å². The Bertz CT molecular complexity index is 945. The summed E-state index contributed by atoms with van der Waals surface area (Å²) in [6, 6.07) is 6.25. The fourth-order valence-corrected chi connectivity index (χ4v) is 3.56. The average Bonchev–Trinajstić information content (AvgIpc) is 3.23. The zero-order valence-corrected chi connectivity index (χ0v) is 19.7. The number of hydrogen-bond acceptors (Lipinski definition) is 5. The summed E-state index contributed by atoms with van der Waals surface area (Å²) in [6.45, 7) is 3.28. The van der Waals surface area contributed by atoms with Crippen LogP contribution in [0.25, 0.3) is 0 Å². The maximum atomic E-state index is 12.3. The maximum Gasteiger partial charge on any atom is 0.329 e. The van der Waals surface area contributed by atoms with Gasteiger partial charge in [0, 0.05) is 35.8 Å². The number of imidazole rings is 1. The number of halogens is 4. The van der Waals surface area contributed by atoms with E-state index in [9.17, 15) is 4.79 Å². The lowest BCUT2D eigenvalue weighted by atomic mass is 10.3. The Labute approximate surface area is 200 Å². The van der Waals surface area contributed by atoms with Crippen molar-refractivity contribution in [2.45, 2.75) is 13.3 Å². The van der Waals surface area contributed by atoms with Crippen molar-refractivity contribution in [3.8, 4) is 5.75 Å². The van der Waals surface area contributed by atoms with Gasteiger partial charge in [0.25, 0.3) is 0 Å². The Morgan fingerprint density at radius 1 is 1.13 bits per heavy atom. The number of aromatic nitrogens is 3. The van der Waals surface area contributed by atoms with Crippen molar-refractivity contribution in [3.63, 3.8) is 0 Å². The van der Waals surface area contributed by atoms with Crippen molar-refractivity contribution in [3.05, 3.63) is 69.4 Å². The van der Waals surface area contributed by atoms with Crippen LogP contribution in [0.3, 0.4) is 0 Å². The van der Waals surface area contributed by atoms with E-state index in [0.717, 1.165) is 6.42 Å². The first-order valence-electron chi connectivity index (χ1n) is 9.23. The van der Waals surface area contributed by atoms with E-state index in [0.29, 0.717) is 44.7 Å². The van der Waals surface area contributed by atoms with E-state index >= 15 is 0 Å². The second-order valence-electron chi connectivity index (χ2n) is 6.20. The number of hydrogen-bond donors (Lipinski definition) is 1. The van der Waals surface area contributed by atoms with Crippen LogP contribution in [0.4, 0.5) is 10.5 Å². The Hall–Kier alpha value is -2.19. The average molecular weight is 505 g/mol. The molecule has 0 saturated heterocycles. The molecule has 0 fully saturated rings. The zero-order valence-electron chi connectivity index (χ0n) is 16.6. The first kappa shape index (κ1) is 25.1. The van der Waals surface area contributed by atoms with Crippen molar-refractivity contribution in [1.29, 1.82) is 0 Å². The van der Waals surface area contributed by atoms with Gasteiger partial charge in [0.1, 0.15) is 18.1 Å². The van der Waals surface area contributed by atoms with Gasteiger partial charge in [0.15, 0.2) is 5.75 Å². The minimum absolute atomic E-state index is 0.152. The summed E-state index contributed by atoms with van der Waals surface area (Å²) >= 11 is 23.5. The number of benzene rings is 1. The van der Waals surface area contributed by atoms with Crippen LogP contribution in [0.1, 0.15) is 13.3 Å². The third-order valence-electron chi connectivity index (χ3n) is 3.81. The van der Waals surface area contributed by atoms with Crippen LogP contribution in [0.15, 0.2) is 49.2 Å². The summed E-state index contributed by atoms with van der Waals surface area (Å²) in [4.78, 5) is 21.6. The van der Waals surface area contributed by atoms with Gasteiger partial charge in [-0.25, -0.2) is 14.8 Å². The van der Waals surface area contributed by atoms with Gasteiger partial charge in [0.05, 0.1) is 16.6 Å². The fourth-order valence-electron chi connectivity index (χ4n) is 2.45. The minimum atomic E-state index is -0.152. The van der Waals surface area contributed by atoms with Crippen LogP contribution in [0, 0.1) is 0 Å². The van der Waals surface area contributed by atoms with Crippen molar-refractivity contribution in [2.75, 3.05) is 25.4 Å². The highest BCUT2D eigenvalue weighted by molar-refractivity contribution is 6.40. The molecule has 1 aromatic carbocycles. The molecule has 0 atom stereocenters. The molecule has 7 nitrogen and oxygen atoms in total. The fraction of sp³-hybridized carbons (Fsp3) is 0.250. The molecule has 31 heavy (non-hydrogen) atoms. The second-order valence-corrected chi connectivity index (χ2v) is 7.84. The van der Waals surface area contributed by atoms with E-state index in [2.05, 4.69) is 9.97 Å². The van der Waals surface area contributed by atoms with Gasteiger partial charge in [-0.05, 0) is 30.7 Å². The Morgan fingerprint density at radius 3 is 2.35 bits per heavy atom. The standard InChI is InChI=1S/C15H16Cl3N3O2.C5H5ClN2/c1-2-4-20(15(22)21-5-3-19-10-21)6-7-23-14-12(17)8-11(16)9-13(14)18;6-5-3-4(7)1-2-8-5/h3,5,8-10H,2,4,6-7H2,1H3;1-3H,(H2,7,8). The molecule has 0 saturated carbocycles. The largest absolute Gasteiger partial charge is 0.489 e. The van der Waals surface area contributed by atoms with Crippen molar-refractivity contribution in [1.82, 2.24) is 19.4 Å². The summed E-state index contributed by atoms with van der Waals surface area (Å²) in [5.74, 6) is 0.365. The SMILES string of the molecule is CCCN(CCOc1c(Cl)cc(Cl)cc1Cl)C(=O)n1ccnc1.Nc1ccnc(Cl)c1. The Kier molecular flexibility index (Phi) is 10.2. The number of nitrogen functional groups attached to an aromatic ring is 1. The van der Waals surface area contributed by atoms with Crippen LogP contribution >= 0.6 is 46.4 Å². The number of anilines is 1. The zero-order chi connectivity index (χ0) is 22.8. The quantitative estimate of drug-likeness (QED) is 0.421. The third-order valence-corrected chi connectivity index (χ3v) is 4.80. The highest BCUT2D eigenvalue weighted by Crippen LogP contribution is 2.35. The monoisotopic (exact) mass is 503 g/mol. The second kappa shape index (κ2) is 12.6. The molecule has 0 aliphatic rings. The summed E-state index contributed by atoms with van der Waals surface area (Å²) in [6.07, 6.45) is 7.05. The number of carbonyl (C=O) groups excluding carboxylic acids is 1. The number of amides is 1. The molecule has 2 N–H and O–H groups in total. The molecule has 0 unspecified atom stereocenters. The molecule has 0 radical (unpaired) electrons. The van der Waals surface area contributed by atoms with E-state index in [1.165, 1.54) is 10.9 Å². The van der Waals surface area contributed by atoms with Gasteiger partial charge >= 0.3 is 6.03 Å². The predicted octanol–water partition coefficient (Wildman–Crippen LogP) is 5.92. The van der Waals surface area contributed by atoms with Crippen molar-refractivity contribution < 1.29 is 9.53 Å². The van der Waals surface area contributed by atoms with Crippen molar-refractivity contribution in [2.24, 2.45) is 0 Å². The van der Waals surface area contributed by atoms with Gasteiger partial charge < -0.3 is 15.4 Å². The lowest BCUT2D eigenvalue weighted by molar-refractivity contribution is 0.184. The molecule has 11 heteroatoms. The van der Waals surface area contributed by atoms with Crippen LogP contribution in [0.5, 0.6) is 5.75 Å². The number of nitrogens with two attached hydrogens (primary N) is 1. The molecule has 2 heterocycles. The normalized spacial score (nSPS) is 10.2. The molecule has 3 rings (SSSR count). The lowest BCUT2D eigenvalue weighted by Gasteiger charge is -2.22. The molecule has 166 valence electrons. The number of rotatable bonds is 6. The first-order valence-corrected chi connectivity index (χ1v) is 10.7. The predicted molar refractivity (Wildman–Crippen MR) is 126 cm³/mol. The molecule has 0 bridgehead atoms. The molecule has 0 spiro atoms. The van der Waals surface area contributed by atoms with Crippen LogP contribution in [-0.2, 0) is 0 Å². The number of pyridine rings is 1. The van der Waals surface area contributed by atoms with Gasteiger partial charge in [0.2, 0.25) is 0 Å². The van der Waals surface area contributed by atoms with E-state index in [4.69, 9.17) is 56.9 Å². The number of nitrogens with zero attached hydrogens (tertiary/aromatic N) is 4. The topological polar surface area (TPSA) is 86.3 Å². The van der Waals surface area contributed by atoms with E-state index in [-0.39, 0.29) is 12.6 Å². The summed E-state index contributed by atoms with van der Waals surface area (Å²) in [5, 5.41) is 1.55. The molecule has 1 amide bonds. The maximum absolute atomic E-state index is 12.3. The first-order chi connectivity index (χ1) is 14.8. The molecular formula is C20H21Cl4N5O2. The molecule has 0 aliphatic heterocycles. The minimum Gasteiger partial charge on any atom is -0.489 e. The molecule has 0 aliphatic carbocycles. The summed E-state index contributed by atoms with van der Waals surface area (Å²) in [5.41, 5.74) is 5.98. The Morgan fingerprint density at radius 2 is 1.84 bits per heavy atom. The van der Waals surface area contributed by atoms with E-state index < -0.39 is 0 Å².